The van der Waals surface area contributed by atoms with E-state index in [-0.39, 0.29) is 41.1 Å². The Labute approximate surface area is 222 Å². The molecule has 0 spiro atoms. The van der Waals surface area contributed by atoms with Gasteiger partial charge in [-0.05, 0) is 53.6 Å². The van der Waals surface area contributed by atoms with Crippen LogP contribution in [0.5, 0.6) is 28.7 Å². The van der Waals surface area contributed by atoms with Crippen LogP contribution in [-0.4, -0.2) is 38.9 Å². The van der Waals surface area contributed by atoms with Crippen molar-refractivity contribution in [3.63, 3.8) is 0 Å². The molecule has 1 aromatic heterocycles. The quantitative estimate of drug-likeness (QED) is 0.342. The second-order valence-electron chi connectivity index (χ2n) is 8.80. The molecule has 0 saturated heterocycles. The van der Waals surface area contributed by atoms with Crippen molar-refractivity contribution < 1.29 is 32.9 Å². The van der Waals surface area contributed by atoms with Crippen LogP contribution in [0.3, 0.4) is 0 Å². The summed E-state index contributed by atoms with van der Waals surface area (Å²) in [6.07, 6.45) is 0. The van der Waals surface area contributed by atoms with Gasteiger partial charge in [0.1, 0.15) is 5.58 Å². The summed E-state index contributed by atoms with van der Waals surface area (Å²) in [6, 6.07) is 12.8. The minimum atomic E-state index is -0.809. The molecule has 2 aliphatic heterocycles. The first-order valence-electron chi connectivity index (χ1n) is 11.7. The third-order valence-electron chi connectivity index (χ3n) is 6.72. The van der Waals surface area contributed by atoms with E-state index in [1.165, 1.54) is 21.3 Å². The van der Waals surface area contributed by atoms with Gasteiger partial charge in [0, 0.05) is 11.6 Å². The predicted molar refractivity (Wildman–Crippen MR) is 138 cm³/mol. The molecule has 1 amide bonds. The van der Waals surface area contributed by atoms with Gasteiger partial charge >= 0.3 is 0 Å². The first-order chi connectivity index (χ1) is 18.4. The highest BCUT2D eigenvalue weighted by molar-refractivity contribution is 6.31. The fourth-order valence-electron chi connectivity index (χ4n) is 5.00. The maximum Gasteiger partial charge on any atom is 0.291 e. The Bertz CT molecular complexity index is 1640. The smallest absolute Gasteiger partial charge is 0.291 e. The van der Waals surface area contributed by atoms with Crippen LogP contribution in [0.2, 0.25) is 5.02 Å². The summed E-state index contributed by atoms with van der Waals surface area (Å²) >= 11 is 6.19. The molecule has 0 saturated carbocycles. The monoisotopic (exact) mass is 535 g/mol. The van der Waals surface area contributed by atoms with Gasteiger partial charge in [0.25, 0.3) is 5.91 Å². The molecule has 4 aromatic rings. The van der Waals surface area contributed by atoms with Crippen molar-refractivity contribution in [1.82, 2.24) is 4.90 Å². The average Bonchev–Trinajstić information content (AvgIpc) is 3.51. The second-order valence-corrected chi connectivity index (χ2v) is 9.23. The van der Waals surface area contributed by atoms with E-state index in [9.17, 15) is 9.59 Å². The molecule has 0 aliphatic carbocycles. The maximum absolute atomic E-state index is 13.9. The molecule has 2 aliphatic rings. The number of fused-ring (bicyclic) bond motifs is 3. The Morgan fingerprint density at radius 2 is 1.66 bits per heavy atom. The first kappa shape index (κ1) is 24.0. The summed E-state index contributed by atoms with van der Waals surface area (Å²) in [5, 5.41) is 0.669. The Kier molecular flexibility index (Phi) is 5.80. The van der Waals surface area contributed by atoms with E-state index in [4.69, 9.17) is 39.7 Å². The van der Waals surface area contributed by atoms with Gasteiger partial charge in [-0.15, -0.1) is 0 Å². The van der Waals surface area contributed by atoms with Crippen LogP contribution in [0.25, 0.3) is 11.0 Å². The molecule has 1 unspecified atom stereocenters. The van der Waals surface area contributed by atoms with E-state index in [2.05, 4.69) is 0 Å². The average molecular weight is 536 g/mol. The number of methoxy groups -OCH3 is 3. The fraction of sp³-hybridized carbons (Fsp3) is 0.214. The van der Waals surface area contributed by atoms with Crippen LogP contribution in [0.1, 0.15) is 33.3 Å². The van der Waals surface area contributed by atoms with Gasteiger partial charge in [0.05, 0.1) is 38.3 Å². The molecular weight excluding hydrogens is 514 g/mol. The lowest BCUT2D eigenvalue weighted by Gasteiger charge is -2.26. The predicted octanol–water partition coefficient (Wildman–Crippen LogP) is 4.95. The number of hydrogen-bond donors (Lipinski definition) is 0. The SMILES string of the molecule is COc1cc(C2c3c(oc4ccc(Cl)cc4c3=O)C(=O)N2Cc2ccc3c(c2)OCO3)cc(OC)c1OC. The van der Waals surface area contributed by atoms with Crippen LogP contribution >= 0.6 is 11.6 Å². The molecule has 38 heavy (non-hydrogen) atoms. The van der Waals surface area contributed by atoms with Crippen molar-refractivity contribution in [3.8, 4) is 28.7 Å². The van der Waals surface area contributed by atoms with Gasteiger partial charge in [-0.3, -0.25) is 9.59 Å². The summed E-state index contributed by atoms with van der Waals surface area (Å²) in [5.74, 6) is 1.94. The third kappa shape index (κ3) is 3.69. The molecule has 9 nitrogen and oxygen atoms in total. The summed E-state index contributed by atoms with van der Waals surface area (Å²) in [7, 11) is 4.51. The highest BCUT2D eigenvalue weighted by Crippen LogP contribution is 2.46. The Balaban J connectivity index is 1.56. The molecule has 3 heterocycles. The molecule has 10 heteroatoms. The molecule has 3 aromatic carbocycles. The van der Waals surface area contributed by atoms with Gasteiger partial charge in [-0.25, -0.2) is 0 Å². The standard InChI is InChI=1S/C28H22ClNO8/c1-33-21-9-15(10-22(34-2)26(21)35-3)24-23-25(31)17-11-16(29)5-7-18(17)38-27(23)28(32)30(24)12-14-4-6-19-20(8-14)37-13-36-19/h4-11,24H,12-13H2,1-3H3. The minimum absolute atomic E-state index is 0.0238. The molecule has 6 rings (SSSR count). The minimum Gasteiger partial charge on any atom is -0.493 e. The van der Waals surface area contributed by atoms with Gasteiger partial charge in [0.2, 0.25) is 18.3 Å². The van der Waals surface area contributed by atoms with E-state index in [1.807, 2.05) is 12.1 Å². The summed E-state index contributed by atoms with van der Waals surface area (Å²) < 4.78 is 33.5. The lowest BCUT2D eigenvalue weighted by molar-refractivity contribution is 0.0713. The molecule has 194 valence electrons. The number of ether oxygens (including phenoxy) is 5. The number of amides is 1. The number of nitrogens with zero attached hydrogens (tertiary/aromatic N) is 1. The van der Waals surface area contributed by atoms with Crippen LogP contribution < -0.4 is 29.1 Å². The summed E-state index contributed by atoms with van der Waals surface area (Å²) in [4.78, 5) is 29.3. The number of carbonyl (C=O) groups excluding carboxylic acids is 1. The van der Waals surface area contributed by atoms with Gasteiger partial charge < -0.3 is 33.0 Å². The molecule has 0 bridgehead atoms. The zero-order chi connectivity index (χ0) is 26.6. The summed E-state index contributed by atoms with van der Waals surface area (Å²) in [6.45, 7) is 0.298. The van der Waals surface area contributed by atoms with Crippen molar-refractivity contribution in [2.75, 3.05) is 28.1 Å². The highest BCUT2D eigenvalue weighted by Gasteiger charge is 2.43. The number of hydrogen-bond acceptors (Lipinski definition) is 8. The van der Waals surface area contributed by atoms with Crippen LogP contribution in [0.15, 0.2) is 57.7 Å². The third-order valence-corrected chi connectivity index (χ3v) is 6.96. The van der Waals surface area contributed by atoms with E-state index in [0.29, 0.717) is 39.3 Å². The number of benzene rings is 3. The zero-order valence-corrected chi connectivity index (χ0v) is 21.5. The van der Waals surface area contributed by atoms with Crippen LogP contribution in [-0.2, 0) is 6.54 Å². The Morgan fingerprint density at radius 3 is 2.37 bits per heavy atom. The second kappa shape index (κ2) is 9.18. The first-order valence-corrected chi connectivity index (χ1v) is 12.1. The Hall–Kier alpha value is -4.37. The zero-order valence-electron chi connectivity index (χ0n) is 20.7. The summed E-state index contributed by atoms with van der Waals surface area (Å²) in [5.41, 5.74) is 1.51. The van der Waals surface area contributed by atoms with Crippen LogP contribution in [0, 0.1) is 0 Å². The molecular formula is C28H22ClNO8. The molecule has 1 atom stereocenters. The van der Waals surface area contributed by atoms with Gasteiger partial charge in [-0.1, -0.05) is 17.7 Å². The van der Waals surface area contributed by atoms with Crippen LogP contribution in [0.4, 0.5) is 0 Å². The van der Waals surface area contributed by atoms with E-state index in [0.717, 1.165) is 5.56 Å². The fourth-order valence-corrected chi connectivity index (χ4v) is 5.17. The lowest BCUT2D eigenvalue weighted by Crippen LogP contribution is -2.29. The lowest BCUT2D eigenvalue weighted by atomic mass is 9.97. The van der Waals surface area contributed by atoms with E-state index < -0.39 is 11.9 Å². The van der Waals surface area contributed by atoms with Gasteiger partial charge in [0.15, 0.2) is 28.4 Å². The normalized spacial score (nSPS) is 15.6. The molecule has 0 fully saturated rings. The van der Waals surface area contributed by atoms with Gasteiger partial charge in [-0.2, -0.15) is 0 Å². The van der Waals surface area contributed by atoms with Crippen molar-refractivity contribution >= 4 is 28.5 Å². The number of halogens is 1. The number of carbonyl (C=O) groups is 1. The van der Waals surface area contributed by atoms with Crippen molar-refractivity contribution in [2.24, 2.45) is 0 Å². The maximum atomic E-state index is 13.9. The molecule has 0 radical (unpaired) electrons. The van der Waals surface area contributed by atoms with Crippen molar-refractivity contribution in [3.05, 3.63) is 86.2 Å². The Morgan fingerprint density at radius 1 is 0.921 bits per heavy atom. The van der Waals surface area contributed by atoms with E-state index >= 15 is 0 Å². The topological polar surface area (TPSA) is 96.7 Å². The largest absolute Gasteiger partial charge is 0.493 e. The highest BCUT2D eigenvalue weighted by atomic mass is 35.5. The van der Waals surface area contributed by atoms with Crippen molar-refractivity contribution in [1.29, 1.82) is 0 Å². The molecule has 0 N–H and O–H groups in total. The number of rotatable bonds is 6. The van der Waals surface area contributed by atoms with Crippen molar-refractivity contribution in [2.45, 2.75) is 12.6 Å². The van der Waals surface area contributed by atoms with E-state index in [1.54, 1.807) is 41.3 Å².